The molecule has 3 fully saturated rings. The van der Waals surface area contributed by atoms with Gasteiger partial charge in [-0.15, -0.1) is 0 Å². The monoisotopic (exact) mass is 645 g/mol. The summed E-state index contributed by atoms with van der Waals surface area (Å²) in [5.74, 6) is -6.38. The first-order chi connectivity index (χ1) is 20.0. The van der Waals surface area contributed by atoms with Crippen LogP contribution in [-0.2, 0) is 24.8 Å². The first kappa shape index (κ1) is 28.7. The lowest BCUT2D eigenvalue weighted by atomic mass is 9.87. The second kappa shape index (κ2) is 8.78. The number of alkyl halides is 5. The molecule has 3 aromatic rings. The Morgan fingerprint density at radius 3 is 2.51 bits per heavy atom. The number of benzene rings is 1. The number of amides is 1. The predicted octanol–water partition coefficient (Wildman–Crippen LogP) is 4.12. The highest BCUT2D eigenvalue weighted by atomic mass is 35.5. The van der Waals surface area contributed by atoms with Gasteiger partial charge in [-0.25, -0.2) is 26.7 Å². The van der Waals surface area contributed by atoms with Crippen molar-refractivity contribution in [3.63, 3.8) is 0 Å². The van der Waals surface area contributed by atoms with E-state index in [1.165, 1.54) is 53.3 Å². The number of halogens is 6. The minimum absolute atomic E-state index is 0.00194. The lowest BCUT2D eigenvalue weighted by Crippen LogP contribution is -2.55. The molecule has 0 N–H and O–H groups in total. The molecule has 2 unspecified atom stereocenters. The van der Waals surface area contributed by atoms with Gasteiger partial charge in [0.15, 0.2) is 20.6 Å². The Morgan fingerprint density at radius 1 is 1.14 bits per heavy atom. The van der Waals surface area contributed by atoms with Crippen molar-refractivity contribution in [1.82, 2.24) is 19.5 Å². The Labute approximate surface area is 247 Å². The quantitative estimate of drug-likeness (QED) is 0.396. The van der Waals surface area contributed by atoms with Crippen LogP contribution in [0.25, 0.3) is 5.65 Å². The number of hydrogen-bond donors (Lipinski definition) is 0. The third kappa shape index (κ3) is 3.89. The van der Waals surface area contributed by atoms with Crippen molar-refractivity contribution in [2.45, 2.75) is 49.4 Å². The highest BCUT2D eigenvalue weighted by Crippen LogP contribution is 2.72. The summed E-state index contributed by atoms with van der Waals surface area (Å²) in [6, 6.07) is 6.17. The van der Waals surface area contributed by atoms with Crippen molar-refractivity contribution in [1.29, 1.82) is 0 Å². The molecule has 9 nitrogen and oxygen atoms in total. The van der Waals surface area contributed by atoms with E-state index in [0.717, 1.165) is 11.4 Å². The van der Waals surface area contributed by atoms with Crippen LogP contribution in [0.1, 0.15) is 31.0 Å². The van der Waals surface area contributed by atoms with E-state index < -0.39 is 63.3 Å². The summed E-state index contributed by atoms with van der Waals surface area (Å²) in [7, 11) is -3.48. The third-order valence-corrected chi connectivity index (χ3v) is 11.3. The molecule has 5 heterocycles. The molecule has 1 saturated carbocycles. The summed E-state index contributed by atoms with van der Waals surface area (Å²) in [5.41, 5.74) is -3.88. The summed E-state index contributed by atoms with van der Waals surface area (Å²) in [6.45, 7) is 1.76. The van der Waals surface area contributed by atoms with Crippen molar-refractivity contribution in [3.05, 3.63) is 52.9 Å². The Balaban J connectivity index is 1.20. The van der Waals surface area contributed by atoms with E-state index in [9.17, 15) is 26.4 Å². The summed E-state index contributed by atoms with van der Waals surface area (Å²) >= 11 is 5.97. The Hall–Kier alpha value is -3.04. The zero-order chi connectivity index (χ0) is 30.9. The van der Waals surface area contributed by atoms with E-state index in [-0.39, 0.29) is 52.4 Å². The average molecular weight is 646 g/mol. The smallest absolute Gasteiger partial charge is 0.373 e. The molecular formula is C27H25ClF5N5O4S. The number of anilines is 2. The number of nitrogens with zero attached hydrogens (tertiary/aromatic N) is 5. The maximum atomic E-state index is 15.5. The normalized spacial score (nSPS) is 32.6. The number of hydrogen-bond acceptors (Lipinski definition) is 7. The second-order valence-corrected chi connectivity index (χ2v) is 14.6. The summed E-state index contributed by atoms with van der Waals surface area (Å²) in [5, 5.41) is 4.00. The van der Waals surface area contributed by atoms with Gasteiger partial charge in [0.05, 0.1) is 53.8 Å². The van der Waals surface area contributed by atoms with E-state index in [2.05, 4.69) is 10.1 Å². The van der Waals surface area contributed by atoms with Gasteiger partial charge in [-0.05, 0) is 31.5 Å². The molecule has 1 aromatic carbocycles. The maximum absolute atomic E-state index is 15.5. The van der Waals surface area contributed by atoms with Crippen LogP contribution in [-0.4, -0.2) is 89.3 Å². The molecule has 7 rings (SSSR count). The van der Waals surface area contributed by atoms with E-state index in [0.29, 0.717) is 5.69 Å². The van der Waals surface area contributed by atoms with Crippen LogP contribution in [0.4, 0.5) is 33.3 Å². The summed E-state index contributed by atoms with van der Waals surface area (Å²) in [4.78, 5) is 20.4. The number of carbonyl (C=O) groups is 1. The van der Waals surface area contributed by atoms with Gasteiger partial charge in [0.1, 0.15) is 10.8 Å². The van der Waals surface area contributed by atoms with Gasteiger partial charge in [0.25, 0.3) is 5.92 Å². The fourth-order valence-electron chi connectivity index (χ4n) is 6.99. The number of sulfone groups is 1. The molecule has 0 radical (unpaired) electrons. The molecule has 0 bridgehead atoms. The third-order valence-electron chi connectivity index (χ3n) is 9.48. The molecule has 5 atom stereocenters. The maximum Gasteiger partial charge on any atom is 0.401 e. The molecule has 3 aliphatic heterocycles. The predicted molar refractivity (Wildman–Crippen MR) is 145 cm³/mol. The van der Waals surface area contributed by atoms with Gasteiger partial charge in [-0.3, -0.25) is 4.79 Å². The van der Waals surface area contributed by atoms with Crippen LogP contribution in [0, 0.1) is 5.41 Å². The van der Waals surface area contributed by atoms with Crippen molar-refractivity contribution >= 4 is 44.4 Å². The Morgan fingerprint density at radius 2 is 1.84 bits per heavy atom. The van der Waals surface area contributed by atoms with Gasteiger partial charge in [-0.2, -0.15) is 18.3 Å². The zero-order valence-electron chi connectivity index (χ0n) is 22.8. The molecule has 0 spiro atoms. The SMILES string of the molecule is C[C@@]1(C(F)(F)F)CN(c2ccc([C@H]3C(F)(F)[C@]3(C)C(=O)N3CCOC4CS(=O)(=O)CC43)cc2)c2cnc3cc(Cl)nn3c21. The topological polar surface area (TPSA) is 97.1 Å². The van der Waals surface area contributed by atoms with Crippen molar-refractivity contribution in [3.8, 4) is 0 Å². The molecule has 2 aromatic heterocycles. The van der Waals surface area contributed by atoms with Crippen LogP contribution < -0.4 is 4.90 Å². The molecule has 1 amide bonds. The van der Waals surface area contributed by atoms with Gasteiger partial charge in [0, 0.05) is 24.8 Å². The summed E-state index contributed by atoms with van der Waals surface area (Å²) < 4.78 is 105. The molecule has 230 valence electrons. The van der Waals surface area contributed by atoms with E-state index in [1.807, 2.05) is 0 Å². The lowest BCUT2D eigenvalue weighted by molar-refractivity contribution is -0.181. The largest absolute Gasteiger partial charge is 0.401 e. The highest BCUT2D eigenvalue weighted by molar-refractivity contribution is 7.91. The van der Waals surface area contributed by atoms with Gasteiger partial charge in [0.2, 0.25) is 5.91 Å². The second-order valence-electron chi connectivity index (χ2n) is 12.0. The van der Waals surface area contributed by atoms with Gasteiger partial charge >= 0.3 is 6.18 Å². The molecule has 16 heteroatoms. The zero-order valence-corrected chi connectivity index (χ0v) is 24.3. The first-order valence-electron chi connectivity index (χ1n) is 13.5. The van der Waals surface area contributed by atoms with E-state index in [1.54, 1.807) is 0 Å². The Bertz CT molecular complexity index is 1780. The summed E-state index contributed by atoms with van der Waals surface area (Å²) in [6.07, 6.45) is -4.12. The number of rotatable bonds is 3. The number of ether oxygens (including phenoxy) is 1. The minimum Gasteiger partial charge on any atom is -0.373 e. The number of carbonyl (C=O) groups excluding carboxylic acids is 1. The first-order valence-corrected chi connectivity index (χ1v) is 15.7. The average Bonchev–Trinajstić information content (AvgIpc) is 3.33. The molecule has 2 saturated heterocycles. The molecule has 4 aliphatic rings. The van der Waals surface area contributed by atoms with Crippen molar-refractivity contribution in [2.24, 2.45) is 5.41 Å². The van der Waals surface area contributed by atoms with Crippen molar-refractivity contribution in [2.75, 3.05) is 36.1 Å². The fraction of sp³-hybridized carbons (Fsp3) is 0.519. The minimum atomic E-state index is -4.67. The highest BCUT2D eigenvalue weighted by Gasteiger charge is 2.83. The van der Waals surface area contributed by atoms with E-state index >= 15 is 8.78 Å². The van der Waals surface area contributed by atoms with Crippen molar-refractivity contribution < 1.29 is 39.9 Å². The Kier molecular flexibility index (Phi) is 5.86. The van der Waals surface area contributed by atoms with Crippen LogP contribution in [0.15, 0.2) is 36.5 Å². The van der Waals surface area contributed by atoms with Gasteiger partial charge in [-0.1, -0.05) is 23.7 Å². The fourth-order valence-corrected chi connectivity index (χ4v) is 9.04. The van der Waals surface area contributed by atoms with Crippen LogP contribution in [0.3, 0.4) is 0 Å². The number of aromatic nitrogens is 3. The van der Waals surface area contributed by atoms with E-state index in [4.69, 9.17) is 16.3 Å². The van der Waals surface area contributed by atoms with Crippen LogP contribution in [0.2, 0.25) is 5.15 Å². The number of fused-ring (bicyclic) bond motifs is 4. The molecular weight excluding hydrogens is 621 g/mol. The molecule has 43 heavy (non-hydrogen) atoms. The van der Waals surface area contributed by atoms with Crippen LogP contribution >= 0.6 is 11.6 Å². The molecule has 1 aliphatic carbocycles. The van der Waals surface area contributed by atoms with Crippen LogP contribution in [0.5, 0.6) is 0 Å². The number of morpholine rings is 1. The lowest BCUT2D eigenvalue weighted by Gasteiger charge is -2.38. The van der Waals surface area contributed by atoms with Gasteiger partial charge < -0.3 is 14.5 Å². The standard InChI is InChI=1S/C27H25ClF5N5O4S/c1-24(27(31,32)33)13-37(16-10-34-20-9-19(28)35-38(20)22(16)24)15-5-3-14(4-6-15)21-25(2,26(21,29)30)23(39)36-7-8-42-18-12-43(40,41)11-17(18)36/h3-6,9-10,17-18,21H,7-8,11-13H2,1-2H3/t17?,18?,21-,24-,25+/m1/s1.